The fourth-order valence-electron chi connectivity index (χ4n) is 1.71. The van der Waals surface area contributed by atoms with Crippen molar-refractivity contribution in [3.05, 3.63) is 0 Å². The summed E-state index contributed by atoms with van der Waals surface area (Å²) in [5, 5.41) is 3.01. The van der Waals surface area contributed by atoms with Gasteiger partial charge in [-0.3, -0.25) is 0 Å². The van der Waals surface area contributed by atoms with Crippen LogP contribution in [0.4, 0.5) is 0 Å². The Morgan fingerprint density at radius 3 is 2.18 bits per heavy atom. The lowest BCUT2D eigenvalue weighted by Gasteiger charge is -2.21. The highest BCUT2D eigenvalue weighted by molar-refractivity contribution is 7.87. The van der Waals surface area contributed by atoms with Gasteiger partial charge < -0.3 is 5.32 Å². The van der Waals surface area contributed by atoms with Gasteiger partial charge in [0, 0.05) is 25.7 Å². The van der Waals surface area contributed by atoms with Crippen LogP contribution in [-0.4, -0.2) is 45.4 Å². The van der Waals surface area contributed by atoms with Crippen LogP contribution in [0.3, 0.4) is 0 Å². The van der Waals surface area contributed by atoms with Gasteiger partial charge in [0.05, 0.1) is 0 Å². The third-order valence-electron chi connectivity index (χ3n) is 2.97. The summed E-state index contributed by atoms with van der Waals surface area (Å²) < 4.78 is 28.1. The fourth-order valence-corrected chi connectivity index (χ4v) is 3.09. The standard InChI is InChI=1S/C10H23N3O2S.ClH/c1-10(11-2)9-12-16(14,15)13-7-5-3-4-6-8-13;/h10-12H,3-9H2,1-2H3;1H. The Morgan fingerprint density at radius 2 is 1.71 bits per heavy atom. The average Bonchev–Trinajstić information content (AvgIpc) is 2.54. The maximum Gasteiger partial charge on any atom is 0.279 e. The molecule has 7 heteroatoms. The third kappa shape index (κ3) is 6.01. The minimum absolute atomic E-state index is 0. The highest BCUT2D eigenvalue weighted by Gasteiger charge is 2.22. The summed E-state index contributed by atoms with van der Waals surface area (Å²) in [5.41, 5.74) is 0. The van der Waals surface area contributed by atoms with Crippen molar-refractivity contribution in [1.29, 1.82) is 0 Å². The lowest BCUT2D eigenvalue weighted by atomic mass is 10.2. The molecule has 1 heterocycles. The molecule has 0 spiro atoms. The molecule has 17 heavy (non-hydrogen) atoms. The van der Waals surface area contributed by atoms with Crippen molar-refractivity contribution >= 4 is 22.6 Å². The van der Waals surface area contributed by atoms with E-state index >= 15 is 0 Å². The van der Waals surface area contributed by atoms with Crippen molar-refractivity contribution in [2.24, 2.45) is 0 Å². The third-order valence-corrected chi connectivity index (χ3v) is 4.55. The van der Waals surface area contributed by atoms with Crippen LogP contribution < -0.4 is 10.0 Å². The van der Waals surface area contributed by atoms with Crippen LogP contribution in [0.15, 0.2) is 0 Å². The average molecular weight is 286 g/mol. The first-order valence-corrected chi connectivity index (χ1v) is 7.42. The van der Waals surface area contributed by atoms with E-state index in [4.69, 9.17) is 0 Å². The van der Waals surface area contributed by atoms with Gasteiger partial charge in [0.2, 0.25) is 0 Å². The molecular formula is C10H24ClN3O2S. The van der Waals surface area contributed by atoms with E-state index in [1.54, 1.807) is 4.31 Å². The molecule has 0 amide bonds. The highest BCUT2D eigenvalue weighted by Crippen LogP contribution is 2.12. The zero-order chi connectivity index (χ0) is 12.0. The SMILES string of the molecule is CNC(C)CNS(=O)(=O)N1CCCCCC1.Cl. The van der Waals surface area contributed by atoms with Crippen LogP contribution in [0.2, 0.25) is 0 Å². The maximum atomic E-state index is 11.9. The van der Waals surface area contributed by atoms with E-state index in [1.165, 1.54) is 0 Å². The number of hydrogen-bond donors (Lipinski definition) is 2. The Kier molecular flexibility index (Phi) is 8.32. The second kappa shape index (κ2) is 8.26. The number of halogens is 1. The second-order valence-electron chi connectivity index (χ2n) is 4.36. The van der Waals surface area contributed by atoms with Crippen LogP contribution in [0.1, 0.15) is 32.6 Å². The summed E-state index contributed by atoms with van der Waals surface area (Å²) in [5.74, 6) is 0. The first-order valence-electron chi connectivity index (χ1n) is 5.98. The van der Waals surface area contributed by atoms with Crippen LogP contribution in [-0.2, 0) is 10.2 Å². The van der Waals surface area contributed by atoms with Gasteiger partial charge in [-0.1, -0.05) is 12.8 Å². The number of nitrogens with one attached hydrogen (secondary N) is 2. The van der Waals surface area contributed by atoms with E-state index in [2.05, 4.69) is 10.0 Å². The molecule has 0 radical (unpaired) electrons. The van der Waals surface area contributed by atoms with Gasteiger partial charge in [0.15, 0.2) is 0 Å². The number of hydrogen-bond acceptors (Lipinski definition) is 3. The monoisotopic (exact) mass is 285 g/mol. The zero-order valence-electron chi connectivity index (χ0n) is 10.6. The molecule has 0 aromatic heterocycles. The highest BCUT2D eigenvalue weighted by atomic mass is 35.5. The van der Waals surface area contributed by atoms with Crippen molar-refractivity contribution in [3.63, 3.8) is 0 Å². The van der Waals surface area contributed by atoms with Gasteiger partial charge in [0.1, 0.15) is 0 Å². The molecule has 1 aliphatic rings. The van der Waals surface area contributed by atoms with Gasteiger partial charge in [-0.2, -0.15) is 12.7 Å². The minimum atomic E-state index is -3.27. The van der Waals surface area contributed by atoms with Crippen molar-refractivity contribution in [1.82, 2.24) is 14.3 Å². The lowest BCUT2D eigenvalue weighted by Crippen LogP contribution is -2.45. The second-order valence-corrected chi connectivity index (χ2v) is 6.11. The molecule has 0 aliphatic carbocycles. The van der Waals surface area contributed by atoms with Crippen LogP contribution >= 0.6 is 12.4 Å². The molecule has 1 aliphatic heterocycles. The molecule has 1 atom stereocenters. The predicted molar refractivity (Wildman–Crippen MR) is 72.7 cm³/mol. The number of likely N-dealkylation sites (N-methyl/N-ethyl adjacent to an activating group) is 1. The van der Waals surface area contributed by atoms with E-state index in [-0.39, 0.29) is 18.4 Å². The van der Waals surface area contributed by atoms with Crippen molar-refractivity contribution in [3.8, 4) is 0 Å². The molecule has 0 saturated carbocycles. The quantitative estimate of drug-likeness (QED) is 0.783. The van der Waals surface area contributed by atoms with Crippen molar-refractivity contribution in [2.45, 2.75) is 38.6 Å². The molecule has 1 saturated heterocycles. The van der Waals surface area contributed by atoms with Crippen LogP contribution in [0.5, 0.6) is 0 Å². The van der Waals surface area contributed by atoms with Gasteiger partial charge in [0.25, 0.3) is 10.2 Å². The molecular weight excluding hydrogens is 262 g/mol. The first-order chi connectivity index (χ1) is 7.56. The summed E-state index contributed by atoms with van der Waals surface area (Å²) in [4.78, 5) is 0. The van der Waals surface area contributed by atoms with E-state index in [0.29, 0.717) is 19.6 Å². The number of nitrogens with zero attached hydrogens (tertiary/aromatic N) is 1. The molecule has 5 nitrogen and oxygen atoms in total. The topological polar surface area (TPSA) is 61.4 Å². The molecule has 1 unspecified atom stereocenters. The Bertz CT molecular complexity index is 290. The van der Waals surface area contributed by atoms with E-state index in [9.17, 15) is 8.42 Å². The molecule has 2 N–H and O–H groups in total. The molecule has 0 bridgehead atoms. The van der Waals surface area contributed by atoms with Gasteiger partial charge in [-0.25, -0.2) is 4.72 Å². The molecule has 0 aromatic rings. The summed E-state index contributed by atoms with van der Waals surface area (Å²) in [7, 11) is -1.44. The number of rotatable bonds is 5. The Balaban J connectivity index is 0.00000256. The Morgan fingerprint density at radius 1 is 1.18 bits per heavy atom. The largest absolute Gasteiger partial charge is 0.316 e. The van der Waals surface area contributed by atoms with E-state index in [1.807, 2.05) is 14.0 Å². The molecule has 104 valence electrons. The van der Waals surface area contributed by atoms with E-state index < -0.39 is 10.2 Å². The molecule has 0 aromatic carbocycles. The van der Waals surface area contributed by atoms with Crippen LogP contribution in [0, 0.1) is 0 Å². The van der Waals surface area contributed by atoms with Gasteiger partial charge in [-0.15, -0.1) is 12.4 Å². The summed E-state index contributed by atoms with van der Waals surface area (Å²) in [6.45, 7) is 3.70. The van der Waals surface area contributed by atoms with Gasteiger partial charge >= 0.3 is 0 Å². The smallest absolute Gasteiger partial charge is 0.279 e. The van der Waals surface area contributed by atoms with Crippen molar-refractivity contribution in [2.75, 3.05) is 26.7 Å². The Hall–Kier alpha value is 0.120. The van der Waals surface area contributed by atoms with Crippen LogP contribution in [0.25, 0.3) is 0 Å². The van der Waals surface area contributed by atoms with Gasteiger partial charge in [-0.05, 0) is 26.8 Å². The zero-order valence-corrected chi connectivity index (χ0v) is 12.2. The normalized spacial score (nSPS) is 20.4. The van der Waals surface area contributed by atoms with Crippen molar-refractivity contribution < 1.29 is 8.42 Å². The predicted octanol–water partition coefficient (Wildman–Crippen LogP) is 0.726. The molecule has 1 fully saturated rings. The lowest BCUT2D eigenvalue weighted by molar-refractivity contribution is 0.411. The summed E-state index contributed by atoms with van der Waals surface area (Å²) in [6.07, 6.45) is 4.23. The van der Waals surface area contributed by atoms with E-state index in [0.717, 1.165) is 25.7 Å². The first kappa shape index (κ1) is 17.1. The fraction of sp³-hybridized carbons (Fsp3) is 1.00. The Labute approximate surface area is 111 Å². The minimum Gasteiger partial charge on any atom is -0.316 e. The summed E-state index contributed by atoms with van der Waals surface area (Å²) in [6, 6.07) is 0.154. The molecule has 1 rings (SSSR count). The summed E-state index contributed by atoms with van der Waals surface area (Å²) >= 11 is 0. The maximum absolute atomic E-state index is 11.9.